The van der Waals surface area contributed by atoms with Crippen LogP contribution in [0.4, 0.5) is 23.2 Å². The molecule has 1 aliphatic heterocycles. The van der Waals surface area contributed by atoms with Crippen molar-refractivity contribution in [3.63, 3.8) is 0 Å². The van der Waals surface area contributed by atoms with Crippen LogP contribution in [-0.4, -0.2) is 23.9 Å². The molecule has 1 N–H and O–H groups in total. The molecule has 1 amide bonds. The third-order valence-corrected chi connectivity index (χ3v) is 4.38. The summed E-state index contributed by atoms with van der Waals surface area (Å²) in [6, 6.07) is 11.1. The minimum absolute atomic E-state index is 0.101. The second-order valence-corrected chi connectivity index (χ2v) is 6.34. The van der Waals surface area contributed by atoms with Crippen molar-refractivity contribution in [1.29, 1.82) is 0 Å². The summed E-state index contributed by atoms with van der Waals surface area (Å²) in [5, 5.41) is 2.51. The Morgan fingerprint density at radius 2 is 1.89 bits per heavy atom. The summed E-state index contributed by atoms with van der Waals surface area (Å²) in [5.74, 6) is -0.686. The van der Waals surface area contributed by atoms with E-state index in [1.54, 1.807) is 24.3 Å². The standard InChI is InChI=1S/C20H18F4N2O/c21-18-7-2-1-4-15(18)13-26-10-8-14(9-11-26)19(27)25-17-6-3-5-16(12-17)20(22,23)24/h1-8,12H,9-11,13H2,(H,25,27). The topological polar surface area (TPSA) is 32.3 Å². The van der Waals surface area contributed by atoms with E-state index in [4.69, 9.17) is 0 Å². The number of carbonyl (C=O) groups excluding carboxylic acids is 1. The molecule has 27 heavy (non-hydrogen) atoms. The maximum atomic E-state index is 13.7. The highest BCUT2D eigenvalue weighted by molar-refractivity contribution is 6.03. The molecule has 7 heteroatoms. The molecule has 0 saturated heterocycles. The van der Waals surface area contributed by atoms with Gasteiger partial charge in [-0.1, -0.05) is 30.3 Å². The fourth-order valence-corrected chi connectivity index (χ4v) is 2.91. The molecule has 3 rings (SSSR count). The van der Waals surface area contributed by atoms with Gasteiger partial charge < -0.3 is 5.32 Å². The number of anilines is 1. The lowest BCUT2D eigenvalue weighted by atomic mass is 10.1. The van der Waals surface area contributed by atoms with Gasteiger partial charge in [0.15, 0.2) is 0 Å². The van der Waals surface area contributed by atoms with Gasteiger partial charge in [-0.15, -0.1) is 0 Å². The van der Waals surface area contributed by atoms with Crippen LogP contribution >= 0.6 is 0 Å². The van der Waals surface area contributed by atoms with Crippen molar-refractivity contribution in [2.24, 2.45) is 0 Å². The van der Waals surface area contributed by atoms with Gasteiger partial charge in [-0.25, -0.2) is 4.39 Å². The van der Waals surface area contributed by atoms with E-state index in [0.29, 0.717) is 37.2 Å². The number of nitrogens with zero attached hydrogens (tertiary/aromatic N) is 1. The quantitative estimate of drug-likeness (QED) is 0.788. The van der Waals surface area contributed by atoms with E-state index < -0.39 is 17.6 Å². The SMILES string of the molecule is O=C(Nc1cccc(C(F)(F)F)c1)C1=CCN(Cc2ccccc2F)CC1. The highest BCUT2D eigenvalue weighted by Crippen LogP contribution is 2.30. The first kappa shape index (κ1) is 19.1. The van der Waals surface area contributed by atoms with Gasteiger partial charge in [0.05, 0.1) is 5.56 Å². The number of hydrogen-bond donors (Lipinski definition) is 1. The fraction of sp³-hybridized carbons (Fsp3) is 0.250. The van der Waals surface area contributed by atoms with Gasteiger partial charge in [0.25, 0.3) is 5.91 Å². The number of hydrogen-bond acceptors (Lipinski definition) is 2. The number of benzene rings is 2. The fourth-order valence-electron chi connectivity index (χ4n) is 2.91. The predicted octanol–water partition coefficient (Wildman–Crippen LogP) is 4.62. The van der Waals surface area contributed by atoms with Crippen molar-refractivity contribution < 1.29 is 22.4 Å². The first-order valence-electron chi connectivity index (χ1n) is 8.46. The van der Waals surface area contributed by atoms with E-state index in [1.165, 1.54) is 18.2 Å². The van der Waals surface area contributed by atoms with Gasteiger partial charge in [-0.3, -0.25) is 9.69 Å². The smallest absolute Gasteiger partial charge is 0.322 e. The molecule has 2 aromatic carbocycles. The zero-order valence-electron chi connectivity index (χ0n) is 14.4. The van der Waals surface area contributed by atoms with Crippen molar-refractivity contribution in [3.05, 3.63) is 77.1 Å². The summed E-state index contributed by atoms with van der Waals surface area (Å²) in [5.41, 5.74) is 0.387. The normalized spacial score (nSPS) is 15.3. The van der Waals surface area contributed by atoms with Gasteiger partial charge >= 0.3 is 6.18 Å². The largest absolute Gasteiger partial charge is 0.416 e. The molecule has 0 bridgehead atoms. The van der Waals surface area contributed by atoms with Crippen LogP contribution in [0.1, 0.15) is 17.5 Å². The number of amides is 1. The van der Waals surface area contributed by atoms with E-state index in [1.807, 2.05) is 4.90 Å². The van der Waals surface area contributed by atoms with Gasteiger partial charge in [-0.2, -0.15) is 13.2 Å². The molecular weight excluding hydrogens is 360 g/mol. The first-order valence-corrected chi connectivity index (χ1v) is 8.46. The van der Waals surface area contributed by atoms with Gasteiger partial charge in [-0.05, 0) is 30.7 Å². The van der Waals surface area contributed by atoms with Crippen LogP contribution in [-0.2, 0) is 17.5 Å². The maximum absolute atomic E-state index is 13.7. The van der Waals surface area contributed by atoms with Crippen molar-refractivity contribution in [2.75, 3.05) is 18.4 Å². The minimum Gasteiger partial charge on any atom is -0.322 e. The molecule has 1 heterocycles. The Hall–Kier alpha value is -2.67. The average Bonchev–Trinajstić information content (AvgIpc) is 2.64. The van der Waals surface area contributed by atoms with Crippen LogP contribution in [0.25, 0.3) is 0 Å². The Labute approximate surface area is 154 Å². The Kier molecular flexibility index (Phi) is 5.60. The molecule has 0 radical (unpaired) electrons. The third-order valence-electron chi connectivity index (χ3n) is 4.38. The van der Waals surface area contributed by atoms with Gasteiger partial charge in [0.1, 0.15) is 5.82 Å². The zero-order valence-corrected chi connectivity index (χ0v) is 14.4. The number of halogens is 4. The van der Waals surface area contributed by atoms with Crippen LogP contribution < -0.4 is 5.32 Å². The summed E-state index contributed by atoms with van der Waals surface area (Å²) >= 11 is 0. The highest BCUT2D eigenvalue weighted by atomic mass is 19.4. The second kappa shape index (κ2) is 7.92. The predicted molar refractivity (Wildman–Crippen MR) is 94.5 cm³/mol. The van der Waals surface area contributed by atoms with Crippen LogP contribution in [0, 0.1) is 5.82 Å². The Balaban J connectivity index is 1.61. The van der Waals surface area contributed by atoms with E-state index in [0.717, 1.165) is 12.1 Å². The second-order valence-electron chi connectivity index (χ2n) is 6.34. The van der Waals surface area contributed by atoms with E-state index in [-0.39, 0.29) is 11.5 Å². The lowest BCUT2D eigenvalue weighted by Crippen LogP contribution is -2.31. The Morgan fingerprint density at radius 1 is 1.11 bits per heavy atom. The number of alkyl halides is 3. The number of rotatable bonds is 4. The molecule has 142 valence electrons. The Morgan fingerprint density at radius 3 is 2.56 bits per heavy atom. The van der Waals surface area contributed by atoms with Crippen molar-refractivity contribution in [1.82, 2.24) is 4.90 Å². The molecule has 0 unspecified atom stereocenters. The molecular formula is C20H18F4N2O. The Bertz CT molecular complexity index is 861. The number of carbonyl (C=O) groups is 1. The summed E-state index contributed by atoms with van der Waals surface area (Å²) in [6.45, 7) is 1.47. The zero-order chi connectivity index (χ0) is 19.4. The maximum Gasteiger partial charge on any atom is 0.416 e. The van der Waals surface area contributed by atoms with Crippen molar-refractivity contribution in [3.8, 4) is 0 Å². The van der Waals surface area contributed by atoms with Crippen molar-refractivity contribution in [2.45, 2.75) is 19.1 Å². The van der Waals surface area contributed by atoms with Crippen LogP contribution in [0.2, 0.25) is 0 Å². The summed E-state index contributed by atoms with van der Waals surface area (Å²) in [6.07, 6.45) is -2.29. The lowest BCUT2D eigenvalue weighted by molar-refractivity contribution is -0.137. The van der Waals surface area contributed by atoms with Crippen LogP contribution in [0.3, 0.4) is 0 Å². The van der Waals surface area contributed by atoms with Crippen LogP contribution in [0.15, 0.2) is 60.2 Å². The third kappa shape index (κ3) is 4.95. The molecule has 3 nitrogen and oxygen atoms in total. The molecule has 0 saturated carbocycles. The van der Waals surface area contributed by atoms with Crippen molar-refractivity contribution >= 4 is 11.6 Å². The van der Waals surface area contributed by atoms with Crippen LogP contribution in [0.5, 0.6) is 0 Å². The summed E-state index contributed by atoms with van der Waals surface area (Å²) in [7, 11) is 0. The molecule has 0 fully saturated rings. The molecule has 1 aliphatic rings. The summed E-state index contributed by atoms with van der Waals surface area (Å²) < 4.78 is 52.0. The van der Waals surface area contributed by atoms with E-state index in [2.05, 4.69) is 5.32 Å². The average molecular weight is 378 g/mol. The minimum atomic E-state index is -4.46. The molecule has 2 aromatic rings. The van der Waals surface area contributed by atoms with Gasteiger partial charge in [0, 0.05) is 36.5 Å². The lowest BCUT2D eigenvalue weighted by Gasteiger charge is -2.26. The summed E-state index contributed by atoms with van der Waals surface area (Å²) in [4.78, 5) is 14.3. The van der Waals surface area contributed by atoms with E-state index in [9.17, 15) is 22.4 Å². The highest BCUT2D eigenvalue weighted by Gasteiger charge is 2.30. The number of nitrogens with one attached hydrogen (secondary N) is 1. The first-order chi connectivity index (χ1) is 12.8. The molecule has 0 spiro atoms. The monoisotopic (exact) mass is 378 g/mol. The van der Waals surface area contributed by atoms with Gasteiger partial charge in [0.2, 0.25) is 0 Å². The molecule has 0 aromatic heterocycles. The van der Waals surface area contributed by atoms with E-state index >= 15 is 0 Å². The molecule has 0 atom stereocenters. The molecule has 0 aliphatic carbocycles.